The molecule has 0 heterocycles. The molecule has 4 heteroatoms. The quantitative estimate of drug-likeness (QED) is 0.598. The predicted octanol–water partition coefficient (Wildman–Crippen LogP) is 4.34. The van der Waals surface area contributed by atoms with Crippen LogP contribution < -0.4 is 4.74 Å². The summed E-state index contributed by atoms with van der Waals surface area (Å²) in [5.74, 6) is 0.741. The monoisotopic (exact) mass is 313 g/mol. The van der Waals surface area contributed by atoms with Crippen molar-refractivity contribution in [2.75, 3.05) is 14.2 Å². The molecule has 0 aliphatic rings. The van der Waals surface area contributed by atoms with Gasteiger partial charge >= 0.3 is 0 Å². The van der Waals surface area contributed by atoms with E-state index in [1.807, 2.05) is 12.1 Å². The van der Waals surface area contributed by atoms with E-state index in [2.05, 4.69) is 27.5 Å². The van der Waals surface area contributed by atoms with Crippen LogP contribution in [0.25, 0.3) is 5.57 Å². The Morgan fingerprint density at radius 3 is 2.76 bits per heavy atom. The minimum atomic E-state index is 0.647. The molecule has 0 atom stereocenters. The minimum absolute atomic E-state index is 0.647. The predicted molar refractivity (Wildman–Crippen MR) is 78.5 cm³/mol. The zero-order valence-corrected chi connectivity index (χ0v) is 12.0. The number of halogens is 2. The summed E-state index contributed by atoms with van der Waals surface area (Å²) in [4.78, 5) is 3.96. The van der Waals surface area contributed by atoms with Crippen LogP contribution in [0.1, 0.15) is 5.56 Å². The summed E-state index contributed by atoms with van der Waals surface area (Å²) in [6.45, 7) is 3.80. The normalized spacial score (nSPS) is 12.5. The number of hydrogen-bond donors (Lipinski definition) is 0. The Bertz CT molecular complexity index is 480. The minimum Gasteiger partial charge on any atom is -0.496 e. The first-order chi connectivity index (χ1) is 8.13. The van der Waals surface area contributed by atoms with Gasteiger partial charge in [-0.05, 0) is 34.1 Å². The SMILES string of the molecule is C=C/C(=C(/Br)C=NC)c1cc(Cl)ccc1OC. The Hall–Kier alpha value is -1.06. The number of ether oxygens (including phenoxy) is 1. The van der Waals surface area contributed by atoms with Gasteiger partial charge in [0.15, 0.2) is 0 Å². The molecule has 0 bridgehead atoms. The number of allylic oxidation sites excluding steroid dienone is 3. The van der Waals surface area contributed by atoms with Crippen molar-refractivity contribution >= 4 is 39.3 Å². The van der Waals surface area contributed by atoms with Crippen LogP contribution in [-0.2, 0) is 0 Å². The number of methoxy groups -OCH3 is 1. The van der Waals surface area contributed by atoms with E-state index in [1.54, 1.807) is 32.5 Å². The van der Waals surface area contributed by atoms with Crippen LogP contribution in [0, 0.1) is 0 Å². The van der Waals surface area contributed by atoms with Crippen LogP contribution in [0.5, 0.6) is 5.75 Å². The number of benzene rings is 1. The molecule has 0 unspecified atom stereocenters. The Kier molecular flexibility index (Phi) is 5.45. The summed E-state index contributed by atoms with van der Waals surface area (Å²) in [5, 5.41) is 0.647. The van der Waals surface area contributed by atoms with Gasteiger partial charge in [-0.15, -0.1) is 0 Å². The van der Waals surface area contributed by atoms with E-state index >= 15 is 0 Å². The van der Waals surface area contributed by atoms with Gasteiger partial charge in [0.2, 0.25) is 0 Å². The molecule has 0 amide bonds. The molecule has 0 N–H and O–H groups in total. The number of rotatable bonds is 4. The maximum Gasteiger partial charge on any atom is 0.126 e. The molecule has 0 aliphatic heterocycles. The first kappa shape index (κ1) is 14.0. The molecular formula is C13H13BrClNO. The molecular weight excluding hydrogens is 302 g/mol. The lowest BCUT2D eigenvalue weighted by atomic mass is 10.0. The summed E-state index contributed by atoms with van der Waals surface area (Å²) < 4.78 is 6.13. The lowest BCUT2D eigenvalue weighted by molar-refractivity contribution is 0.413. The fourth-order valence-electron chi connectivity index (χ4n) is 1.41. The van der Waals surface area contributed by atoms with Crippen LogP contribution in [0.15, 0.2) is 40.3 Å². The Morgan fingerprint density at radius 2 is 2.24 bits per heavy atom. The number of nitrogens with zero attached hydrogens (tertiary/aromatic N) is 1. The van der Waals surface area contributed by atoms with E-state index < -0.39 is 0 Å². The highest BCUT2D eigenvalue weighted by atomic mass is 79.9. The molecule has 1 rings (SSSR count). The molecule has 2 nitrogen and oxygen atoms in total. The summed E-state index contributed by atoms with van der Waals surface area (Å²) in [7, 11) is 3.33. The van der Waals surface area contributed by atoms with Gasteiger partial charge in [-0.25, -0.2) is 0 Å². The van der Waals surface area contributed by atoms with E-state index in [-0.39, 0.29) is 0 Å². The largest absolute Gasteiger partial charge is 0.496 e. The van der Waals surface area contributed by atoms with Crippen molar-refractivity contribution in [3.8, 4) is 5.75 Å². The summed E-state index contributed by atoms with van der Waals surface area (Å²) in [6.07, 6.45) is 3.44. The molecule has 1 aromatic carbocycles. The van der Waals surface area contributed by atoms with Crippen molar-refractivity contribution in [2.45, 2.75) is 0 Å². The highest BCUT2D eigenvalue weighted by molar-refractivity contribution is 9.12. The van der Waals surface area contributed by atoms with Crippen molar-refractivity contribution in [1.82, 2.24) is 0 Å². The van der Waals surface area contributed by atoms with Gasteiger partial charge in [0.05, 0.1) is 7.11 Å². The smallest absolute Gasteiger partial charge is 0.126 e. The maximum atomic E-state index is 6.00. The second kappa shape index (κ2) is 6.62. The average molecular weight is 315 g/mol. The van der Waals surface area contributed by atoms with Crippen molar-refractivity contribution in [3.05, 3.63) is 45.9 Å². The third-order valence-electron chi connectivity index (χ3n) is 2.16. The third kappa shape index (κ3) is 3.45. The van der Waals surface area contributed by atoms with Crippen molar-refractivity contribution in [2.24, 2.45) is 4.99 Å². The zero-order chi connectivity index (χ0) is 12.8. The van der Waals surface area contributed by atoms with Gasteiger partial charge in [0.25, 0.3) is 0 Å². The number of hydrogen-bond acceptors (Lipinski definition) is 2. The summed E-state index contributed by atoms with van der Waals surface area (Å²) >= 11 is 9.44. The van der Waals surface area contributed by atoms with Crippen LogP contribution in [0.2, 0.25) is 5.02 Å². The standard InChI is InChI=1S/C13H13BrClNO/c1-4-10(12(14)8-16-2)11-7-9(15)5-6-13(11)17-3/h4-8H,1H2,2-3H3/b12-10-,16-8?. The average Bonchev–Trinajstić information content (AvgIpc) is 2.31. The Morgan fingerprint density at radius 1 is 1.53 bits per heavy atom. The molecule has 0 radical (unpaired) electrons. The first-order valence-electron chi connectivity index (χ1n) is 4.92. The van der Waals surface area contributed by atoms with Gasteiger partial charge in [-0.1, -0.05) is 24.3 Å². The third-order valence-corrected chi connectivity index (χ3v) is 3.02. The van der Waals surface area contributed by atoms with Crippen LogP contribution >= 0.6 is 27.5 Å². The van der Waals surface area contributed by atoms with Gasteiger partial charge in [-0.3, -0.25) is 4.99 Å². The fraction of sp³-hybridized carbons (Fsp3) is 0.154. The van der Waals surface area contributed by atoms with Crippen molar-refractivity contribution in [1.29, 1.82) is 0 Å². The summed E-state index contributed by atoms with van der Waals surface area (Å²) in [6, 6.07) is 5.44. The second-order valence-corrected chi connectivity index (χ2v) is 4.49. The second-order valence-electron chi connectivity index (χ2n) is 3.20. The van der Waals surface area contributed by atoms with E-state index in [9.17, 15) is 0 Å². The lowest BCUT2D eigenvalue weighted by Gasteiger charge is -2.10. The zero-order valence-electron chi connectivity index (χ0n) is 9.71. The molecule has 17 heavy (non-hydrogen) atoms. The highest BCUT2D eigenvalue weighted by Crippen LogP contribution is 2.32. The molecule has 90 valence electrons. The molecule has 0 spiro atoms. The van der Waals surface area contributed by atoms with E-state index in [0.717, 1.165) is 21.4 Å². The molecule has 0 saturated heterocycles. The topological polar surface area (TPSA) is 21.6 Å². The van der Waals surface area contributed by atoms with E-state index in [0.29, 0.717) is 5.02 Å². The Labute approximate surface area is 115 Å². The Balaban J connectivity index is 3.43. The van der Waals surface area contributed by atoms with Gasteiger partial charge < -0.3 is 4.74 Å². The lowest BCUT2D eigenvalue weighted by Crippen LogP contribution is -1.92. The van der Waals surface area contributed by atoms with E-state index in [4.69, 9.17) is 16.3 Å². The molecule has 0 aromatic heterocycles. The van der Waals surface area contributed by atoms with E-state index in [1.165, 1.54) is 0 Å². The molecule has 0 saturated carbocycles. The van der Waals surface area contributed by atoms with Crippen LogP contribution in [0.4, 0.5) is 0 Å². The first-order valence-corrected chi connectivity index (χ1v) is 6.09. The maximum absolute atomic E-state index is 6.00. The number of aliphatic imine (C=N–C) groups is 1. The van der Waals surface area contributed by atoms with Crippen molar-refractivity contribution < 1.29 is 4.74 Å². The summed E-state index contributed by atoms with van der Waals surface area (Å²) in [5.41, 5.74) is 1.76. The van der Waals surface area contributed by atoms with Gasteiger partial charge in [-0.2, -0.15) is 0 Å². The van der Waals surface area contributed by atoms with Gasteiger partial charge in [0.1, 0.15) is 5.75 Å². The molecule has 0 fully saturated rings. The van der Waals surface area contributed by atoms with Gasteiger partial charge in [0, 0.05) is 33.9 Å². The van der Waals surface area contributed by atoms with Crippen molar-refractivity contribution in [3.63, 3.8) is 0 Å². The fourth-order valence-corrected chi connectivity index (χ4v) is 2.16. The molecule has 1 aromatic rings. The highest BCUT2D eigenvalue weighted by Gasteiger charge is 2.09. The van der Waals surface area contributed by atoms with Crippen LogP contribution in [0.3, 0.4) is 0 Å². The molecule has 0 aliphatic carbocycles. The van der Waals surface area contributed by atoms with Crippen LogP contribution in [-0.4, -0.2) is 20.4 Å².